The third-order valence-electron chi connectivity index (χ3n) is 7.01. The van der Waals surface area contributed by atoms with E-state index in [0.29, 0.717) is 71.4 Å². The number of hydrogen-bond donors (Lipinski definition) is 4. The highest BCUT2D eigenvalue weighted by atomic mass is 19.1. The number of morpholine rings is 1. The molecule has 1 aromatic heterocycles. The number of aromatic nitrogens is 2. The SMILES string of the molecule is CN(C)C(=O)c1ccc(NC(=O)Nc2ccc(-c3nc(N4CCOCC4)c4ccc(C(C=N)=CC=N)cc4n3)cc2F)cc1. The predicted molar refractivity (Wildman–Crippen MR) is 171 cm³/mol. The van der Waals surface area contributed by atoms with Gasteiger partial charge in [0.15, 0.2) is 5.82 Å². The average Bonchev–Trinajstić information content (AvgIpc) is 3.04. The molecule has 0 bridgehead atoms. The smallest absolute Gasteiger partial charge is 0.323 e. The Hall–Kier alpha value is -5.49. The molecule has 1 aliphatic rings. The monoisotopic (exact) mass is 594 g/mol. The summed E-state index contributed by atoms with van der Waals surface area (Å²) in [6.45, 7) is 2.37. The second-order valence-electron chi connectivity index (χ2n) is 10.2. The summed E-state index contributed by atoms with van der Waals surface area (Å²) < 4.78 is 20.8. The van der Waals surface area contributed by atoms with Crippen molar-refractivity contribution in [2.45, 2.75) is 0 Å². The van der Waals surface area contributed by atoms with Crippen molar-refractivity contribution in [2.24, 2.45) is 0 Å². The molecule has 4 N–H and O–H groups in total. The molecular formula is C32H31FN8O3. The number of rotatable bonds is 8. The van der Waals surface area contributed by atoms with Crippen molar-refractivity contribution in [2.75, 3.05) is 55.9 Å². The molecule has 1 fully saturated rings. The zero-order valence-corrected chi connectivity index (χ0v) is 24.2. The number of carbonyl (C=O) groups is 2. The van der Waals surface area contributed by atoms with Crippen molar-refractivity contribution in [1.29, 1.82) is 10.8 Å². The summed E-state index contributed by atoms with van der Waals surface area (Å²) in [4.78, 5) is 37.8. The lowest BCUT2D eigenvalue weighted by atomic mass is 10.0. The topological polar surface area (TPSA) is 147 Å². The Morgan fingerprint density at radius 2 is 1.68 bits per heavy atom. The summed E-state index contributed by atoms with van der Waals surface area (Å²) in [5, 5.41) is 21.1. The molecule has 1 saturated heterocycles. The van der Waals surface area contributed by atoms with Crippen LogP contribution in [0.4, 0.5) is 26.4 Å². The fraction of sp³-hybridized carbons (Fsp3) is 0.188. The van der Waals surface area contributed by atoms with Gasteiger partial charge in [0, 0.05) is 67.4 Å². The molecule has 44 heavy (non-hydrogen) atoms. The molecule has 11 nitrogen and oxygen atoms in total. The van der Waals surface area contributed by atoms with Gasteiger partial charge in [-0.3, -0.25) is 4.79 Å². The molecule has 1 aliphatic heterocycles. The Bertz CT molecular complexity index is 1770. The van der Waals surface area contributed by atoms with Crippen molar-refractivity contribution in [1.82, 2.24) is 14.9 Å². The number of amides is 3. The summed E-state index contributed by atoms with van der Waals surface area (Å²) in [7, 11) is 3.31. The first-order valence-corrected chi connectivity index (χ1v) is 13.8. The van der Waals surface area contributed by atoms with Crippen LogP contribution in [0.1, 0.15) is 15.9 Å². The Labute approximate surface area is 253 Å². The molecule has 224 valence electrons. The van der Waals surface area contributed by atoms with Crippen LogP contribution in [0, 0.1) is 16.6 Å². The lowest BCUT2D eigenvalue weighted by molar-refractivity contribution is 0.0827. The first-order valence-electron chi connectivity index (χ1n) is 13.8. The zero-order valence-electron chi connectivity index (χ0n) is 24.2. The van der Waals surface area contributed by atoms with Crippen molar-refractivity contribution in [3.8, 4) is 11.4 Å². The second kappa shape index (κ2) is 13.2. The van der Waals surface area contributed by atoms with Gasteiger partial charge in [-0.05, 0) is 66.2 Å². The van der Waals surface area contributed by atoms with E-state index in [2.05, 4.69) is 15.5 Å². The summed E-state index contributed by atoms with van der Waals surface area (Å²) in [5.41, 5.74) is 3.16. The van der Waals surface area contributed by atoms with Gasteiger partial charge in [-0.15, -0.1) is 0 Å². The normalized spacial score (nSPS) is 13.3. The molecule has 0 unspecified atom stereocenters. The number of nitrogens with one attached hydrogen (secondary N) is 4. The maximum Gasteiger partial charge on any atom is 0.323 e. The van der Waals surface area contributed by atoms with Crippen LogP contribution in [0.3, 0.4) is 0 Å². The van der Waals surface area contributed by atoms with E-state index in [0.717, 1.165) is 11.6 Å². The predicted octanol–water partition coefficient (Wildman–Crippen LogP) is 5.30. The van der Waals surface area contributed by atoms with Crippen LogP contribution >= 0.6 is 0 Å². The highest BCUT2D eigenvalue weighted by molar-refractivity contribution is 6.13. The summed E-state index contributed by atoms with van der Waals surface area (Å²) in [6, 6.07) is 15.7. The third kappa shape index (κ3) is 6.60. The molecule has 0 atom stereocenters. The number of halogens is 1. The van der Waals surface area contributed by atoms with Crippen LogP contribution in [0.25, 0.3) is 27.9 Å². The van der Waals surface area contributed by atoms with E-state index in [-0.39, 0.29) is 11.6 Å². The molecule has 0 saturated carbocycles. The molecule has 0 radical (unpaired) electrons. The quantitative estimate of drug-likeness (QED) is 0.204. The molecular weight excluding hydrogens is 563 g/mol. The lowest BCUT2D eigenvalue weighted by Crippen LogP contribution is -2.37. The highest BCUT2D eigenvalue weighted by Gasteiger charge is 2.20. The maximum atomic E-state index is 15.3. The number of hydrogen-bond acceptors (Lipinski definition) is 8. The van der Waals surface area contributed by atoms with Gasteiger partial charge in [-0.2, -0.15) is 0 Å². The van der Waals surface area contributed by atoms with E-state index in [1.54, 1.807) is 44.4 Å². The molecule has 5 rings (SSSR count). The van der Waals surface area contributed by atoms with E-state index in [1.807, 2.05) is 18.2 Å². The molecule has 3 aromatic carbocycles. The summed E-state index contributed by atoms with van der Waals surface area (Å²) in [5.74, 6) is 0.153. The number of fused-ring (bicyclic) bond motifs is 1. The Morgan fingerprint density at radius 1 is 0.955 bits per heavy atom. The van der Waals surface area contributed by atoms with Gasteiger partial charge < -0.3 is 36.0 Å². The van der Waals surface area contributed by atoms with Crippen LogP contribution in [-0.4, -0.2) is 79.6 Å². The van der Waals surface area contributed by atoms with Crippen LogP contribution in [0.15, 0.2) is 66.7 Å². The van der Waals surface area contributed by atoms with Crippen molar-refractivity contribution < 1.29 is 18.7 Å². The van der Waals surface area contributed by atoms with E-state index < -0.39 is 11.8 Å². The molecule has 3 amide bonds. The van der Waals surface area contributed by atoms with E-state index >= 15 is 4.39 Å². The van der Waals surface area contributed by atoms with Crippen LogP contribution in [-0.2, 0) is 4.74 Å². The fourth-order valence-corrected chi connectivity index (χ4v) is 4.75. The number of urea groups is 1. The van der Waals surface area contributed by atoms with Gasteiger partial charge in [0.05, 0.1) is 24.4 Å². The highest BCUT2D eigenvalue weighted by Crippen LogP contribution is 2.31. The number of allylic oxidation sites excluding steroid dienone is 2. The van der Waals surface area contributed by atoms with Crippen molar-refractivity contribution in [3.63, 3.8) is 0 Å². The largest absolute Gasteiger partial charge is 0.378 e. The summed E-state index contributed by atoms with van der Waals surface area (Å²) >= 11 is 0. The third-order valence-corrected chi connectivity index (χ3v) is 7.01. The van der Waals surface area contributed by atoms with Gasteiger partial charge in [-0.25, -0.2) is 19.2 Å². The average molecular weight is 595 g/mol. The molecule has 4 aromatic rings. The Kier molecular flexibility index (Phi) is 9.01. The van der Waals surface area contributed by atoms with Gasteiger partial charge in [0.25, 0.3) is 5.91 Å². The van der Waals surface area contributed by atoms with Gasteiger partial charge in [-0.1, -0.05) is 6.07 Å². The minimum absolute atomic E-state index is 0.0328. The molecule has 0 aliphatic carbocycles. The van der Waals surface area contributed by atoms with Crippen LogP contribution < -0.4 is 15.5 Å². The molecule has 0 spiro atoms. The van der Waals surface area contributed by atoms with Gasteiger partial charge in [0.2, 0.25) is 0 Å². The second-order valence-corrected chi connectivity index (χ2v) is 10.2. The molecule has 2 heterocycles. The van der Waals surface area contributed by atoms with Crippen molar-refractivity contribution in [3.05, 3.63) is 83.7 Å². The minimum atomic E-state index is -0.671. The standard InChI is InChI=1S/C32H31FN8O3/c1-40(2)31(42)20-3-7-24(8-4-20)36-32(43)38-27-10-6-22(17-26(27)33)29-37-28-18-21(23(19-35)11-12-34)5-9-25(28)30(39-29)41-13-15-44-16-14-41/h3-12,17-19,34-35H,13-16H2,1-2H3,(H2,36,38,43). The number of ether oxygens (including phenoxy) is 1. The van der Waals surface area contributed by atoms with E-state index in [9.17, 15) is 9.59 Å². The molecule has 12 heteroatoms. The Balaban J connectivity index is 1.42. The van der Waals surface area contributed by atoms with Gasteiger partial charge >= 0.3 is 6.03 Å². The number of anilines is 3. The number of nitrogens with zero attached hydrogens (tertiary/aromatic N) is 4. The maximum absolute atomic E-state index is 15.3. The number of benzene rings is 3. The van der Waals surface area contributed by atoms with Crippen molar-refractivity contribution >= 4 is 58.0 Å². The minimum Gasteiger partial charge on any atom is -0.378 e. The Morgan fingerprint density at radius 3 is 2.34 bits per heavy atom. The number of carbonyl (C=O) groups excluding carboxylic acids is 2. The summed E-state index contributed by atoms with van der Waals surface area (Å²) in [6.07, 6.45) is 3.82. The fourth-order valence-electron chi connectivity index (χ4n) is 4.75. The van der Waals surface area contributed by atoms with Crippen LogP contribution in [0.5, 0.6) is 0 Å². The van der Waals surface area contributed by atoms with E-state index in [1.165, 1.54) is 29.3 Å². The first kappa shape index (κ1) is 30.0. The van der Waals surface area contributed by atoms with E-state index in [4.69, 9.17) is 25.5 Å². The van der Waals surface area contributed by atoms with Gasteiger partial charge in [0.1, 0.15) is 11.6 Å². The lowest BCUT2D eigenvalue weighted by Gasteiger charge is -2.29. The van der Waals surface area contributed by atoms with Crippen LogP contribution in [0.2, 0.25) is 0 Å². The first-order chi connectivity index (χ1) is 21.3. The zero-order chi connectivity index (χ0) is 31.2.